The van der Waals surface area contributed by atoms with Crippen LogP contribution in [0, 0.1) is 22.7 Å². The molecule has 3 aliphatic carbocycles. The molecular weight excluding hydrogens is 278 g/mol. The van der Waals surface area contributed by atoms with Gasteiger partial charge < -0.3 is 4.48 Å². The van der Waals surface area contributed by atoms with Gasteiger partial charge in [0.15, 0.2) is 0 Å². The first-order chi connectivity index (χ1) is 10.5. The van der Waals surface area contributed by atoms with Crippen molar-refractivity contribution < 1.29 is 4.48 Å². The molecule has 23 heavy (non-hydrogen) atoms. The van der Waals surface area contributed by atoms with Gasteiger partial charge in [0.2, 0.25) is 0 Å². The Morgan fingerprint density at radius 1 is 1.26 bits per heavy atom. The smallest absolute Gasteiger partial charge is 0.104 e. The van der Waals surface area contributed by atoms with E-state index >= 15 is 0 Å². The minimum absolute atomic E-state index is 0.289. The highest BCUT2D eigenvalue weighted by molar-refractivity contribution is 5.47. The van der Waals surface area contributed by atoms with Crippen molar-refractivity contribution in [2.45, 2.75) is 73.3 Å². The number of rotatable bonds is 3. The first-order valence-electron chi connectivity index (χ1n) is 9.73. The second-order valence-corrected chi connectivity index (χ2v) is 10.7. The Labute approximate surface area is 144 Å². The van der Waals surface area contributed by atoms with E-state index in [1.165, 1.54) is 32.2 Å². The third-order valence-electron chi connectivity index (χ3n) is 7.31. The monoisotopic (exact) mass is 316 g/mol. The Kier molecular flexibility index (Phi) is 3.92. The average Bonchev–Trinajstić information content (AvgIpc) is 3.04. The second kappa shape index (κ2) is 5.22. The molecule has 1 spiro atoms. The molecule has 2 bridgehead atoms. The van der Waals surface area contributed by atoms with Crippen LogP contribution >= 0.6 is 0 Å². The molecule has 1 heteroatoms. The summed E-state index contributed by atoms with van der Waals surface area (Å²) in [5, 5.41) is 0. The third-order valence-corrected chi connectivity index (χ3v) is 7.31. The van der Waals surface area contributed by atoms with Crippen LogP contribution in [0.4, 0.5) is 0 Å². The van der Waals surface area contributed by atoms with Gasteiger partial charge in [-0.2, -0.15) is 0 Å². The zero-order valence-corrected chi connectivity index (χ0v) is 16.8. The molecule has 3 rings (SSSR count). The number of hydrogen-bond acceptors (Lipinski definition) is 0. The van der Waals surface area contributed by atoms with Gasteiger partial charge >= 0.3 is 0 Å². The largest absolute Gasteiger partial charge is 0.323 e. The Morgan fingerprint density at radius 3 is 2.48 bits per heavy atom. The van der Waals surface area contributed by atoms with Crippen molar-refractivity contribution in [3.63, 3.8) is 0 Å². The Bertz CT molecular complexity index is 555. The van der Waals surface area contributed by atoms with E-state index < -0.39 is 0 Å². The summed E-state index contributed by atoms with van der Waals surface area (Å²) in [7, 11) is 4.80. The lowest BCUT2D eigenvalue weighted by molar-refractivity contribution is -0.906. The van der Waals surface area contributed by atoms with Crippen molar-refractivity contribution in [2.75, 3.05) is 20.6 Å². The number of quaternary nitrogens is 1. The molecule has 3 unspecified atom stereocenters. The van der Waals surface area contributed by atoms with Gasteiger partial charge in [-0.25, -0.2) is 0 Å². The summed E-state index contributed by atoms with van der Waals surface area (Å²) in [4.78, 5) is 0. The number of allylic oxidation sites excluding steroid dienone is 2. The van der Waals surface area contributed by atoms with Crippen molar-refractivity contribution in [3.05, 3.63) is 22.8 Å². The van der Waals surface area contributed by atoms with Gasteiger partial charge in [-0.15, -0.1) is 0 Å². The van der Waals surface area contributed by atoms with Crippen molar-refractivity contribution in [1.29, 1.82) is 0 Å². The maximum absolute atomic E-state index is 2.65. The normalized spacial score (nSPS) is 34.2. The standard InChI is InChI=1S/C22H38N/c1-15(2)23(7,8)14-17-11-18-12-22(18)10-9-16(3)19(13-22)20(17)21(4,5)6/h11,15-16,19H,9-10,12-14H2,1-8H3/q+1. The maximum atomic E-state index is 2.65. The van der Waals surface area contributed by atoms with Crippen molar-refractivity contribution in [1.82, 2.24) is 0 Å². The van der Waals surface area contributed by atoms with Gasteiger partial charge in [0.1, 0.15) is 6.54 Å². The first-order valence-corrected chi connectivity index (χ1v) is 9.73. The highest BCUT2D eigenvalue weighted by atomic mass is 15.3. The van der Waals surface area contributed by atoms with E-state index in [1.54, 1.807) is 16.7 Å². The summed E-state index contributed by atoms with van der Waals surface area (Å²) < 4.78 is 1.09. The SMILES string of the molecule is CC1CCC23CC2=CC(C[N+](C)(C)C(C)C)=C(C(C)(C)C)C1C3. The molecule has 0 radical (unpaired) electrons. The quantitative estimate of drug-likeness (QED) is 0.596. The lowest BCUT2D eigenvalue weighted by atomic mass is 9.64. The molecule has 0 aromatic rings. The molecule has 3 aliphatic rings. The summed E-state index contributed by atoms with van der Waals surface area (Å²) in [5.41, 5.74) is 6.16. The highest BCUT2D eigenvalue weighted by Gasteiger charge is 2.55. The lowest BCUT2D eigenvalue weighted by Gasteiger charge is -2.42. The summed E-state index contributed by atoms with van der Waals surface area (Å²) >= 11 is 0. The molecule has 0 heterocycles. The predicted molar refractivity (Wildman–Crippen MR) is 100 cm³/mol. The Hall–Kier alpha value is -0.560. The molecule has 0 aromatic carbocycles. The molecule has 0 aliphatic heterocycles. The topological polar surface area (TPSA) is 0 Å². The minimum Gasteiger partial charge on any atom is -0.323 e. The number of fused-ring (bicyclic) bond motifs is 1. The molecule has 0 N–H and O–H groups in total. The van der Waals surface area contributed by atoms with Crippen LogP contribution in [0.3, 0.4) is 0 Å². The van der Waals surface area contributed by atoms with Crippen LogP contribution in [-0.2, 0) is 0 Å². The van der Waals surface area contributed by atoms with E-state index in [0.717, 1.165) is 16.3 Å². The van der Waals surface area contributed by atoms with Crippen molar-refractivity contribution >= 4 is 0 Å². The molecule has 3 atom stereocenters. The van der Waals surface area contributed by atoms with Crippen LogP contribution in [0.1, 0.15) is 67.2 Å². The molecule has 130 valence electrons. The van der Waals surface area contributed by atoms with Gasteiger partial charge in [-0.1, -0.05) is 44.9 Å². The zero-order valence-electron chi connectivity index (χ0n) is 16.8. The van der Waals surface area contributed by atoms with E-state index in [1.807, 2.05) is 0 Å². The fourth-order valence-corrected chi connectivity index (χ4v) is 5.11. The lowest BCUT2D eigenvalue weighted by Crippen LogP contribution is -2.47. The summed E-state index contributed by atoms with van der Waals surface area (Å²) in [6.07, 6.45) is 8.36. The van der Waals surface area contributed by atoms with Crippen molar-refractivity contribution in [2.24, 2.45) is 22.7 Å². The van der Waals surface area contributed by atoms with Gasteiger partial charge in [-0.3, -0.25) is 0 Å². The van der Waals surface area contributed by atoms with Gasteiger partial charge in [-0.05, 0) is 62.2 Å². The summed E-state index contributed by atoms with van der Waals surface area (Å²) in [6, 6.07) is 0.662. The van der Waals surface area contributed by atoms with Crippen LogP contribution < -0.4 is 0 Å². The average molecular weight is 317 g/mol. The molecule has 2 fully saturated rings. The van der Waals surface area contributed by atoms with Crippen LogP contribution in [0.5, 0.6) is 0 Å². The van der Waals surface area contributed by atoms with Crippen molar-refractivity contribution in [3.8, 4) is 0 Å². The minimum atomic E-state index is 0.289. The summed E-state index contributed by atoms with van der Waals surface area (Å²) in [5.74, 6) is 1.66. The van der Waals surface area contributed by atoms with E-state index in [9.17, 15) is 0 Å². The van der Waals surface area contributed by atoms with Crippen LogP contribution in [0.15, 0.2) is 22.8 Å². The van der Waals surface area contributed by atoms with E-state index in [0.29, 0.717) is 11.5 Å². The molecule has 1 nitrogen and oxygen atoms in total. The molecule has 0 saturated heterocycles. The Balaban J connectivity index is 2.09. The molecule has 2 saturated carbocycles. The third kappa shape index (κ3) is 2.95. The predicted octanol–water partition coefficient (Wildman–Crippen LogP) is 5.58. The van der Waals surface area contributed by atoms with Crippen LogP contribution in [0.25, 0.3) is 0 Å². The Morgan fingerprint density at radius 2 is 1.91 bits per heavy atom. The van der Waals surface area contributed by atoms with E-state index in [4.69, 9.17) is 0 Å². The maximum Gasteiger partial charge on any atom is 0.104 e. The highest BCUT2D eigenvalue weighted by Crippen LogP contribution is 2.67. The number of nitrogens with zero attached hydrogens (tertiary/aromatic N) is 1. The van der Waals surface area contributed by atoms with Gasteiger partial charge in [0.25, 0.3) is 0 Å². The van der Waals surface area contributed by atoms with Gasteiger partial charge in [0.05, 0.1) is 20.1 Å². The zero-order chi connectivity index (χ0) is 17.2. The fourth-order valence-electron chi connectivity index (χ4n) is 5.11. The number of hydrogen-bond donors (Lipinski definition) is 0. The van der Waals surface area contributed by atoms with E-state index in [-0.39, 0.29) is 5.41 Å². The first kappa shape index (κ1) is 17.3. The fraction of sp³-hybridized carbons (Fsp3) is 0.818. The molecule has 0 aromatic heterocycles. The van der Waals surface area contributed by atoms with Gasteiger partial charge in [0, 0.05) is 5.57 Å². The molecule has 0 amide bonds. The van der Waals surface area contributed by atoms with Crippen LogP contribution in [-0.4, -0.2) is 31.2 Å². The molecular formula is C22H38N+. The number of likely N-dealkylation sites (N-methyl/N-ethyl adjacent to an activating group) is 1. The van der Waals surface area contributed by atoms with Crippen LogP contribution in [0.2, 0.25) is 0 Å². The van der Waals surface area contributed by atoms with E-state index in [2.05, 4.69) is 61.7 Å². The summed E-state index contributed by atoms with van der Waals surface area (Å²) in [6.45, 7) is 15.8. The second-order valence-electron chi connectivity index (χ2n) is 10.7.